The predicted molar refractivity (Wildman–Crippen MR) is 72.5 cm³/mol. The van der Waals surface area contributed by atoms with Gasteiger partial charge in [0, 0.05) is 13.1 Å². The highest BCUT2D eigenvalue weighted by Crippen LogP contribution is 2.39. The molecule has 1 N–H and O–H groups in total. The van der Waals surface area contributed by atoms with E-state index >= 15 is 0 Å². The average molecular weight is 274 g/mol. The number of nitriles is 1. The van der Waals surface area contributed by atoms with Gasteiger partial charge in [0.1, 0.15) is 0 Å². The molecular weight excluding hydrogens is 253 g/mol. The molecule has 0 spiro atoms. The van der Waals surface area contributed by atoms with Crippen molar-refractivity contribution < 1.29 is 13.2 Å². The topological polar surface area (TPSA) is 35.8 Å². The lowest BCUT2D eigenvalue weighted by Crippen LogP contribution is -2.35. The molecule has 0 atom stereocenters. The molecule has 0 aromatic carbocycles. The number of allylic oxidation sites excluding steroid dienone is 2. The van der Waals surface area contributed by atoms with Crippen molar-refractivity contribution >= 4 is 0 Å². The van der Waals surface area contributed by atoms with Gasteiger partial charge < -0.3 is 5.32 Å². The molecule has 0 fully saturated rings. The van der Waals surface area contributed by atoms with Crippen LogP contribution in [-0.2, 0) is 0 Å². The first-order valence-corrected chi connectivity index (χ1v) is 5.72. The fourth-order valence-electron chi connectivity index (χ4n) is 1.13. The van der Waals surface area contributed by atoms with Crippen LogP contribution in [0.4, 0.5) is 13.2 Å². The van der Waals surface area contributed by atoms with Crippen LogP contribution in [0.2, 0.25) is 0 Å². The van der Waals surface area contributed by atoms with Crippen molar-refractivity contribution in [1.29, 1.82) is 5.26 Å². The predicted octanol–water partition coefficient (Wildman–Crippen LogP) is 3.99. The number of hydrogen-bond acceptors (Lipinski definition) is 2. The maximum Gasteiger partial charge on any atom is 0.394 e. The van der Waals surface area contributed by atoms with E-state index in [4.69, 9.17) is 5.26 Å². The van der Waals surface area contributed by atoms with Gasteiger partial charge in [-0.25, -0.2) is 5.26 Å². The maximum atomic E-state index is 12.5. The van der Waals surface area contributed by atoms with Crippen molar-refractivity contribution in [3.8, 4) is 6.57 Å². The summed E-state index contributed by atoms with van der Waals surface area (Å²) in [7, 11) is 0. The molecular formula is C14H21F3N2. The highest BCUT2D eigenvalue weighted by Gasteiger charge is 2.46. The molecule has 5 heteroatoms. The summed E-state index contributed by atoms with van der Waals surface area (Å²) in [5.74, 6) is 0. The molecule has 0 aromatic heterocycles. The standard InChI is InChI=1S/C13H20F3N.CHN/c1-5-7-11(6-2)10-17-9-8-12(3,4)13(14,15)16;1-2/h5-7,17H,1-2,8-10H2,3-4H3;1H/b11-7+;. The Labute approximate surface area is 113 Å². The third kappa shape index (κ3) is 8.22. The second-order valence-electron chi connectivity index (χ2n) is 4.49. The van der Waals surface area contributed by atoms with Gasteiger partial charge in [0.2, 0.25) is 0 Å². The van der Waals surface area contributed by atoms with Crippen molar-refractivity contribution in [1.82, 2.24) is 5.32 Å². The molecule has 0 saturated carbocycles. The van der Waals surface area contributed by atoms with Crippen molar-refractivity contribution in [2.24, 2.45) is 5.41 Å². The number of nitrogens with one attached hydrogen (secondary N) is 1. The number of halogens is 3. The first-order chi connectivity index (χ1) is 8.74. The fourth-order valence-corrected chi connectivity index (χ4v) is 1.13. The SMILES string of the molecule is C#N.C=C/C=C(\C=C)CNCCC(C)(C)C(F)(F)F. The third-order valence-corrected chi connectivity index (χ3v) is 2.62. The molecule has 0 amide bonds. The summed E-state index contributed by atoms with van der Waals surface area (Å²) in [4.78, 5) is 0. The van der Waals surface area contributed by atoms with Gasteiger partial charge >= 0.3 is 6.18 Å². The van der Waals surface area contributed by atoms with E-state index in [1.54, 1.807) is 18.2 Å². The molecule has 0 unspecified atom stereocenters. The Balaban J connectivity index is 0. The third-order valence-electron chi connectivity index (χ3n) is 2.62. The summed E-state index contributed by atoms with van der Waals surface area (Å²) in [6.07, 6.45) is 0.943. The van der Waals surface area contributed by atoms with Gasteiger partial charge in [0.05, 0.1) is 5.41 Å². The maximum absolute atomic E-state index is 12.5. The van der Waals surface area contributed by atoms with Crippen LogP contribution in [0.25, 0.3) is 0 Å². The van der Waals surface area contributed by atoms with Crippen LogP contribution in [0.5, 0.6) is 0 Å². The van der Waals surface area contributed by atoms with E-state index in [-0.39, 0.29) is 6.42 Å². The average Bonchev–Trinajstić information content (AvgIpc) is 2.34. The summed E-state index contributed by atoms with van der Waals surface area (Å²) < 4.78 is 37.6. The Morgan fingerprint density at radius 2 is 1.79 bits per heavy atom. The van der Waals surface area contributed by atoms with Gasteiger partial charge in [0.15, 0.2) is 0 Å². The van der Waals surface area contributed by atoms with Crippen LogP contribution in [-0.4, -0.2) is 19.3 Å². The lowest BCUT2D eigenvalue weighted by Gasteiger charge is -2.27. The van der Waals surface area contributed by atoms with Crippen molar-refractivity contribution in [3.63, 3.8) is 0 Å². The van der Waals surface area contributed by atoms with Crippen LogP contribution in [0.15, 0.2) is 37.0 Å². The van der Waals surface area contributed by atoms with Gasteiger partial charge in [-0.2, -0.15) is 13.2 Å². The Kier molecular flexibility index (Phi) is 9.79. The normalized spacial score (nSPS) is 12.3. The second-order valence-corrected chi connectivity index (χ2v) is 4.49. The second kappa shape index (κ2) is 9.40. The van der Waals surface area contributed by atoms with Gasteiger partial charge in [-0.15, -0.1) is 0 Å². The number of nitrogens with zero attached hydrogens (tertiary/aromatic N) is 1. The zero-order valence-electron chi connectivity index (χ0n) is 11.4. The van der Waals surface area contributed by atoms with Gasteiger partial charge in [-0.3, -0.25) is 0 Å². The van der Waals surface area contributed by atoms with Crippen LogP contribution < -0.4 is 5.32 Å². The molecule has 0 aliphatic carbocycles. The zero-order valence-corrected chi connectivity index (χ0v) is 11.4. The van der Waals surface area contributed by atoms with E-state index in [0.717, 1.165) is 5.57 Å². The molecule has 2 nitrogen and oxygen atoms in total. The van der Waals surface area contributed by atoms with Crippen molar-refractivity contribution in [2.45, 2.75) is 26.4 Å². The summed E-state index contributed by atoms with van der Waals surface area (Å²) in [6.45, 7) is 13.9. The van der Waals surface area contributed by atoms with Crippen LogP contribution in [0.3, 0.4) is 0 Å². The number of alkyl halides is 3. The summed E-state index contributed by atoms with van der Waals surface area (Å²) in [5, 5.41) is 9.46. The highest BCUT2D eigenvalue weighted by molar-refractivity contribution is 5.22. The molecule has 0 rings (SSSR count). The molecule has 0 radical (unpaired) electrons. The summed E-state index contributed by atoms with van der Waals surface area (Å²) in [5.41, 5.74) is -0.749. The first-order valence-electron chi connectivity index (χ1n) is 5.72. The summed E-state index contributed by atoms with van der Waals surface area (Å²) >= 11 is 0. The Morgan fingerprint density at radius 3 is 2.16 bits per heavy atom. The molecule has 0 aromatic rings. The smallest absolute Gasteiger partial charge is 0.313 e. The molecule has 0 heterocycles. The molecule has 108 valence electrons. The van der Waals surface area contributed by atoms with E-state index in [9.17, 15) is 13.2 Å². The Bertz CT molecular complexity index is 325. The lowest BCUT2D eigenvalue weighted by molar-refractivity contribution is -0.213. The summed E-state index contributed by atoms with van der Waals surface area (Å²) in [6, 6.07) is 0. The quantitative estimate of drug-likeness (QED) is 0.563. The van der Waals surface area contributed by atoms with Crippen LogP contribution in [0.1, 0.15) is 20.3 Å². The Hall–Kier alpha value is -1.54. The van der Waals surface area contributed by atoms with Crippen molar-refractivity contribution in [2.75, 3.05) is 13.1 Å². The molecule has 19 heavy (non-hydrogen) atoms. The van der Waals surface area contributed by atoms with Gasteiger partial charge in [-0.05, 0) is 18.5 Å². The van der Waals surface area contributed by atoms with Crippen LogP contribution >= 0.6 is 0 Å². The number of rotatable bonds is 7. The molecule has 0 saturated heterocycles. The minimum absolute atomic E-state index is 0.0506. The fraction of sp³-hybridized carbons (Fsp3) is 0.500. The largest absolute Gasteiger partial charge is 0.394 e. The van der Waals surface area contributed by atoms with Gasteiger partial charge in [0.25, 0.3) is 0 Å². The monoisotopic (exact) mass is 274 g/mol. The molecule has 0 aliphatic heterocycles. The van der Waals surface area contributed by atoms with E-state index in [2.05, 4.69) is 25.0 Å². The highest BCUT2D eigenvalue weighted by atomic mass is 19.4. The van der Waals surface area contributed by atoms with E-state index in [1.165, 1.54) is 13.8 Å². The van der Waals surface area contributed by atoms with E-state index in [0.29, 0.717) is 13.1 Å². The minimum atomic E-state index is -4.16. The van der Waals surface area contributed by atoms with Crippen LogP contribution in [0, 0.1) is 17.2 Å². The lowest BCUT2D eigenvalue weighted by atomic mass is 9.88. The van der Waals surface area contributed by atoms with E-state index < -0.39 is 11.6 Å². The van der Waals surface area contributed by atoms with E-state index in [1.807, 2.05) is 0 Å². The number of hydrogen-bond donors (Lipinski definition) is 1. The van der Waals surface area contributed by atoms with Gasteiger partial charge in [-0.1, -0.05) is 45.2 Å². The molecule has 0 bridgehead atoms. The molecule has 0 aliphatic rings. The Morgan fingerprint density at radius 1 is 1.26 bits per heavy atom. The zero-order chi connectivity index (χ0) is 15.5. The van der Waals surface area contributed by atoms with Crippen molar-refractivity contribution in [3.05, 3.63) is 37.0 Å². The minimum Gasteiger partial charge on any atom is -0.313 e. The first kappa shape index (κ1) is 19.8.